The van der Waals surface area contributed by atoms with Crippen LogP contribution in [0, 0.1) is 18.7 Å². The number of carbonyl (C=O) groups excluding carboxylic acids is 2. The van der Waals surface area contributed by atoms with Gasteiger partial charge in [0.2, 0.25) is 17.7 Å². The molecule has 1 aliphatic rings. The molecule has 9 nitrogen and oxygen atoms in total. The number of nitrogens with zero attached hydrogens (tertiary/aromatic N) is 5. The molecular formula is C25H21FN6O3. The molecule has 1 atom stereocenters. The second-order valence-electron chi connectivity index (χ2n) is 8.13. The molecule has 1 saturated heterocycles. The van der Waals surface area contributed by atoms with Crippen molar-refractivity contribution in [3.8, 4) is 17.4 Å². The summed E-state index contributed by atoms with van der Waals surface area (Å²) < 4.78 is 20.5. The average molecular weight is 472 g/mol. The number of amides is 2. The standard InChI is InChI=1S/C25H21FN6O3/c1-16-12-13-32(30-16)22-10-11-23(29-28-22)35-21-8-4-19(5-9-21)27-25(34)17-14-24(33)31(15-17)20-6-2-18(26)3-7-20/h2-13,17H,14-15H2,1H3,(H,27,34). The second kappa shape index (κ2) is 9.34. The van der Waals surface area contributed by atoms with Crippen LogP contribution in [0.1, 0.15) is 12.1 Å². The van der Waals surface area contributed by atoms with Crippen molar-refractivity contribution < 1.29 is 18.7 Å². The SMILES string of the molecule is Cc1ccn(-c2ccc(Oc3ccc(NC(=O)C4CC(=O)N(c5ccc(F)cc5)C4)cc3)nn2)n1. The van der Waals surface area contributed by atoms with Crippen LogP contribution in [-0.2, 0) is 9.59 Å². The van der Waals surface area contributed by atoms with E-state index >= 15 is 0 Å². The number of ether oxygens (including phenoxy) is 1. The maximum atomic E-state index is 13.2. The fraction of sp³-hybridized carbons (Fsp3) is 0.160. The minimum absolute atomic E-state index is 0.0944. The van der Waals surface area contributed by atoms with Gasteiger partial charge in [-0.05, 0) is 67.6 Å². The van der Waals surface area contributed by atoms with Gasteiger partial charge >= 0.3 is 0 Å². The lowest BCUT2D eigenvalue weighted by molar-refractivity contribution is -0.122. The predicted molar refractivity (Wildman–Crippen MR) is 126 cm³/mol. The summed E-state index contributed by atoms with van der Waals surface area (Å²) in [4.78, 5) is 26.6. The van der Waals surface area contributed by atoms with Crippen LogP contribution in [0.4, 0.5) is 15.8 Å². The lowest BCUT2D eigenvalue weighted by Crippen LogP contribution is -2.28. The van der Waals surface area contributed by atoms with Gasteiger partial charge in [0.05, 0.1) is 11.6 Å². The summed E-state index contributed by atoms with van der Waals surface area (Å²) in [7, 11) is 0. The van der Waals surface area contributed by atoms with Crippen molar-refractivity contribution in [3.63, 3.8) is 0 Å². The van der Waals surface area contributed by atoms with E-state index in [1.54, 1.807) is 47.3 Å². The normalized spacial score (nSPS) is 15.3. The lowest BCUT2D eigenvalue weighted by Gasteiger charge is -2.16. The van der Waals surface area contributed by atoms with Gasteiger partial charge < -0.3 is 15.0 Å². The Labute approximate surface area is 200 Å². The molecular weight excluding hydrogens is 451 g/mol. The van der Waals surface area contributed by atoms with Crippen LogP contribution in [0.2, 0.25) is 0 Å². The Morgan fingerprint density at radius 1 is 1.03 bits per heavy atom. The summed E-state index contributed by atoms with van der Waals surface area (Å²) in [5.41, 5.74) is 2.03. The molecule has 2 aromatic heterocycles. The number of aromatic nitrogens is 4. The molecule has 0 radical (unpaired) electrons. The fourth-order valence-electron chi connectivity index (χ4n) is 3.76. The van der Waals surface area contributed by atoms with Crippen molar-refractivity contribution in [2.45, 2.75) is 13.3 Å². The molecule has 2 amide bonds. The van der Waals surface area contributed by atoms with Crippen molar-refractivity contribution in [1.29, 1.82) is 0 Å². The molecule has 0 bridgehead atoms. The summed E-state index contributed by atoms with van der Waals surface area (Å²) in [5.74, 6) is 0.110. The van der Waals surface area contributed by atoms with E-state index in [1.165, 1.54) is 29.2 Å². The average Bonchev–Trinajstić information content (AvgIpc) is 3.47. The fourth-order valence-corrected chi connectivity index (χ4v) is 3.76. The number of carbonyl (C=O) groups is 2. The van der Waals surface area contributed by atoms with Gasteiger partial charge in [-0.3, -0.25) is 9.59 Å². The first-order valence-corrected chi connectivity index (χ1v) is 11.0. The van der Waals surface area contributed by atoms with Crippen LogP contribution in [-0.4, -0.2) is 38.3 Å². The molecule has 1 fully saturated rings. The van der Waals surface area contributed by atoms with Crippen molar-refractivity contribution in [2.75, 3.05) is 16.8 Å². The zero-order valence-corrected chi connectivity index (χ0v) is 18.8. The van der Waals surface area contributed by atoms with E-state index in [9.17, 15) is 14.0 Å². The molecule has 1 aliphatic heterocycles. The zero-order valence-electron chi connectivity index (χ0n) is 18.8. The molecule has 3 heterocycles. The molecule has 4 aromatic rings. The largest absolute Gasteiger partial charge is 0.438 e. The minimum Gasteiger partial charge on any atom is -0.438 e. The van der Waals surface area contributed by atoms with Gasteiger partial charge in [-0.2, -0.15) is 5.10 Å². The summed E-state index contributed by atoms with van der Waals surface area (Å²) in [6.45, 7) is 2.13. The number of hydrogen-bond donors (Lipinski definition) is 1. The molecule has 5 rings (SSSR count). The summed E-state index contributed by atoms with van der Waals surface area (Å²) >= 11 is 0. The Balaban J connectivity index is 1.17. The highest BCUT2D eigenvalue weighted by Crippen LogP contribution is 2.27. The minimum atomic E-state index is -0.504. The Bertz CT molecular complexity index is 1350. The number of halogens is 1. The number of rotatable bonds is 6. The predicted octanol–water partition coefficient (Wildman–Crippen LogP) is 3.89. The lowest BCUT2D eigenvalue weighted by atomic mass is 10.1. The maximum absolute atomic E-state index is 13.2. The molecule has 0 spiro atoms. The van der Waals surface area contributed by atoms with Crippen LogP contribution >= 0.6 is 0 Å². The first-order valence-electron chi connectivity index (χ1n) is 11.0. The third kappa shape index (κ3) is 5.01. The van der Waals surface area contributed by atoms with Crippen LogP contribution in [0.3, 0.4) is 0 Å². The monoisotopic (exact) mass is 472 g/mol. The van der Waals surface area contributed by atoms with E-state index < -0.39 is 5.92 Å². The Hall–Kier alpha value is -4.60. The summed E-state index contributed by atoms with van der Waals surface area (Å²) in [6, 6.07) is 17.8. The molecule has 0 aliphatic carbocycles. The van der Waals surface area contributed by atoms with Crippen molar-refractivity contribution in [2.24, 2.45) is 5.92 Å². The Morgan fingerprint density at radius 3 is 2.46 bits per heavy atom. The van der Waals surface area contributed by atoms with Crippen molar-refractivity contribution >= 4 is 23.2 Å². The first kappa shape index (κ1) is 22.2. The number of anilines is 2. The van der Waals surface area contributed by atoms with Crippen molar-refractivity contribution in [3.05, 3.63) is 84.4 Å². The molecule has 176 valence electrons. The number of benzene rings is 2. The Morgan fingerprint density at radius 2 is 1.80 bits per heavy atom. The number of nitrogens with one attached hydrogen (secondary N) is 1. The van der Waals surface area contributed by atoms with Crippen molar-refractivity contribution in [1.82, 2.24) is 20.0 Å². The first-order chi connectivity index (χ1) is 16.9. The highest BCUT2D eigenvalue weighted by Gasteiger charge is 2.35. The van der Waals surface area contributed by atoms with E-state index in [0.717, 1.165) is 5.69 Å². The molecule has 1 unspecified atom stereocenters. The highest BCUT2D eigenvalue weighted by molar-refractivity contribution is 6.03. The van der Waals surface area contributed by atoms with E-state index in [1.807, 2.05) is 13.0 Å². The molecule has 2 aromatic carbocycles. The van der Waals surface area contributed by atoms with Gasteiger partial charge in [0.1, 0.15) is 11.6 Å². The van der Waals surface area contributed by atoms with Gasteiger partial charge in [-0.1, -0.05) is 0 Å². The topological polar surface area (TPSA) is 102 Å². The van der Waals surface area contributed by atoms with Gasteiger partial charge in [0, 0.05) is 36.6 Å². The van der Waals surface area contributed by atoms with E-state index in [0.29, 0.717) is 28.8 Å². The van der Waals surface area contributed by atoms with Crippen LogP contribution in [0.25, 0.3) is 5.82 Å². The van der Waals surface area contributed by atoms with Crippen LogP contribution in [0.15, 0.2) is 72.9 Å². The third-order valence-corrected chi connectivity index (χ3v) is 5.56. The van der Waals surface area contributed by atoms with Crippen LogP contribution in [0.5, 0.6) is 11.6 Å². The molecule has 0 saturated carbocycles. The van der Waals surface area contributed by atoms with Crippen LogP contribution < -0.4 is 15.0 Å². The molecule has 10 heteroatoms. The molecule has 1 N–H and O–H groups in total. The molecule has 35 heavy (non-hydrogen) atoms. The Kier molecular flexibility index (Phi) is 5.92. The highest BCUT2D eigenvalue weighted by atomic mass is 19.1. The summed E-state index contributed by atoms with van der Waals surface area (Å²) in [5, 5.41) is 15.3. The van der Waals surface area contributed by atoms with Gasteiger partial charge in [0.25, 0.3) is 0 Å². The number of hydrogen-bond acceptors (Lipinski definition) is 6. The van der Waals surface area contributed by atoms with Gasteiger partial charge in [-0.25, -0.2) is 9.07 Å². The van der Waals surface area contributed by atoms with E-state index in [4.69, 9.17) is 4.74 Å². The van der Waals surface area contributed by atoms with Gasteiger partial charge in [-0.15, -0.1) is 10.2 Å². The smallest absolute Gasteiger partial charge is 0.238 e. The maximum Gasteiger partial charge on any atom is 0.238 e. The second-order valence-corrected chi connectivity index (χ2v) is 8.13. The zero-order chi connectivity index (χ0) is 24.4. The third-order valence-electron chi connectivity index (χ3n) is 5.56. The summed E-state index contributed by atoms with van der Waals surface area (Å²) in [6.07, 6.45) is 1.89. The van der Waals surface area contributed by atoms with Gasteiger partial charge in [0.15, 0.2) is 5.82 Å². The van der Waals surface area contributed by atoms with E-state index in [2.05, 4.69) is 20.6 Å². The quantitative estimate of drug-likeness (QED) is 0.457. The number of aryl methyl sites for hydroxylation is 1. The van der Waals surface area contributed by atoms with E-state index in [-0.39, 0.29) is 30.6 Å².